The number of nitrogens with zero attached hydrogens (tertiary/aromatic N) is 2. The van der Waals surface area contributed by atoms with E-state index < -0.39 is 0 Å². The first-order valence-electron chi connectivity index (χ1n) is 9.20. The fourth-order valence-corrected chi connectivity index (χ4v) is 3.62. The Bertz CT molecular complexity index is 1270. The van der Waals surface area contributed by atoms with Crippen molar-refractivity contribution in [2.75, 3.05) is 0 Å². The van der Waals surface area contributed by atoms with Crippen molar-refractivity contribution in [2.45, 2.75) is 26.2 Å². The van der Waals surface area contributed by atoms with Crippen LogP contribution in [0.2, 0.25) is 5.02 Å². The molecule has 29 heavy (non-hydrogen) atoms. The van der Waals surface area contributed by atoms with Gasteiger partial charge in [0.1, 0.15) is 5.82 Å². The van der Waals surface area contributed by atoms with Crippen molar-refractivity contribution in [3.05, 3.63) is 80.3 Å². The predicted molar refractivity (Wildman–Crippen MR) is 122 cm³/mol. The van der Waals surface area contributed by atoms with Gasteiger partial charge < -0.3 is 4.98 Å². The van der Waals surface area contributed by atoms with Crippen LogP contribution in [-0.2, 0) is 5.41 Å². The van der Waals surface area contributed by atoms with Gasteiger partial charge in [-0.05, 0) is 29.8 Å². The molecule has 4 nitrogen and oxygen atoms in total. The van der Waals surface area contributed by atoms with E-state index in [1.807, 2.05) is 75.4 Å². The fraction of sp³-hybridized carbons (Fsp3) is 0.174. The van der Waals surface area contributed by atoms with Crippen LogP contribution in [0.25, 0.3) is 33.4 Å². The van der Waals surface area contributed by atoms with E-state index >= 15 is 0 Å². The van der Waals surface area contributed by atoms with Crippen molar-refractivity contribution in [3.63, 3.8) is 0 Å². The van der Waals surface area contributed by atoms with E-state index in [-0.39, 0.29) is 11.0 Å². The molecule has 0 amide bonds. The van der Waals surface area contributed by atoms with Crippen LogP contribution in [0.15, 0.2) is 63.9 Å². The predicted octanol–water partition coefficient (Wildman–Crippen LogP) is 6.37. The number of benzene rings is 2. The van der Waals surface area contributed by atoms with Crippen LogP contribution in [-0.4, -0.2) is 15.0 Å². The molecule has 0 aliphatic carbocycles. The van der Waals surface area contributed by atoms with E-state index in [1.54, 1.807) is 0 Å². The summed E-state index contributed by atoms with van der Waals surface area (Å²) in [6.07, 6.45) is 0. The maximum absolute atomic E-state index is 12.8. The van der Waals surface area contributed by atoms with E-state index in [4.69, 9.17) is 16.6 Å². The molecular formula is C23H19BrClN3O. The summed E-state index contributed by atoms with van der Waals surface area (Å²) in [4.78, 5) is 25.2. The summed E-state index contributed by atoms with van der Waals surface area (Å²) in [7, 11) is 0. The van der Waals surface area contributed by atoms with Gasteiger partial charge in [-0.3, -0.25) is 4.79 Å². The van der Waals surface area contributed by atoms with E-state index in [0.717, 1.165) is 21.2 Å². The van der Waals surface area contributed by atoms with Gasteiger partial charge in [0.15, 0.2) is 5.65 Å². The minimum atomic E-state index is -0.302. The van der Waals surface area contributed by atoms with E-state index in [9.17, 15) is 4.79 Å². The Kier molecular flexibility index (Phi) is 5.05. The van der Waals surface area contributed by atoms with Gasteiger partial charge in [-0.25, -0.2) is 9.97 Å². The first-order chi connectivity index (χ1) is 13.7. The summed E-state index contributed by atoms with van der Waals surface area (Å²) in [5.41, 5.74) is 3.18. The number of rotatable bonds is 2. The molecule has 0 fully saturated rings. The van der Waals surface area contributed by atoms with Crippen molar-refractivity contribution < 1.29 is 0 Å². The highest BCUT2D eigenvalue weighted by atomic mass is 79.9. The second kappa shape index (κ2) is 7.39. The lowest BCUT2D eigenvalue weighted by Crippen LogP contribution is -2.22. The lowest BCUT2D eigenvalue weighted by molar-refractivity contribution is 0.545. The number of H-pyrrole nitrogens is 1. The molecule has 0 aliphatic rings. The summed E-state index contributed by atoms with van der Waals surface area (Å²) in [6, 6.07) is 17.3. The lowest BCUT2D eigenvalue weighted by atomic mass is 9.95. The number of aromatic nitrogens is 3. The SMILES string of the molecule is CC(C)(C)c1nc2nc(-c3ccccc3Cl)c(-c3ccc(Br)cc3)cc2c(=O)[nH]1. The summed E-state index contributed by atoms with van der Waals surface area (Å²) < 4.78 is 0.976. The average Bonchev–Trinajstić information content (AvgIpc) is 2.67. The summed E-state index contributed by atoms with van der Waals surface area (Å²) in [5, 5.41) is 1.05. The minimum absolute atomic E-state index is 0.198. The van der Waals surface area contributed by atoms with Crippen molar-refractivity contribution in [1.29, 1.82) is 0 Å². The van der Waals surface area contributed by atoms with Crippen LogP contribution in [0, 0.1) is 0 Å². The third kappa shape index (κ3) is 3.85. The second-order valence-corrected chi connectivity index (χ2v) is 9.23. The van der Waals surface area contributed by atoms with Crippen LogP contribution in [0.1, 0.15) is 26.6 Å². The van der Waals surface area contributed by atoms with Crippen molar-refractivity contribution in [1.82, 2.24) is 15.0 Å². The van der Waals surface area contributed by atoms with Gasteiger partial charge in [0.05, 0.1) is 11.1 Å². The molecule has 2 aromatic carbocycles. The summed E-state index contributed by atoms with van der Waals surface area (Å²) >= 11 is 9.96. The molecule has 4 aromatic rings. The van der Waals surface area contributed by atoms with Crippen LogP contribution >= 0.6 is 27.5 Å². The van der Waals surface area contributed by atoms with Gasteiger partial charge in [-0.2, -0.15) is 0 Å². The number of halogens is 2. The number of nitrogens with one attached hydrogen (secondary N) is 1. The third-order valence-electron chi connectivity index (χ3n) is 4.69. The maximum Gasteiger partial charge on any atom is 0.260 e. The quantitative estimate of drug-likeness (QED) is 0.372. The van der Waals surface area contributed by atoms with Gasteiger partial charge >= 0.3 is 0 Å². The average molecular weight is 469 g/mol. The minimum Gasteiger partial charge on any atom is -0.309 e. The largest absolute Gasteiger partial charge is 0.309 e. The first-order valence-corrected chi connectivity index (χ1v) is 10.4. The molecule has 0 spiro atoms. The number of pyridine rings is 1. The Morgan fingerprint density at radius 1 is 0.966 bits per heavy atom. The monoisotopic (exact) mass is 467 g/mol. The van der Waals surface area contributed by atoms with Crippen LogP contribution in [0.3, 0.4) is 0 Å². The first kappa shape index (κ1) is 19.8. The molecule has 0 bridgehead atoms. The van der Waals surface area contributed by atoms with Crippen LogP contribution in [0.5, 0.6) is 0 Å². The molecule has 0 aliphatic heterocycles. The fourth-order valence-electron chi connectivity index (χ4n) is 3.13. The summed E-state index contributed by atoms with van der Waals surface area (Å²) in [5.74, 6) is 0.601. The molecule has 0 radical (unpaired) electrons. The Morgan fingerprint density at radius 3 is 2.31 bits per heavy atom. The Morgan fingerprint density at radius 2 is 1.66 bits per heavy atom. The van der Waals surface area contributed by atoms with Gasteiger partial charge in [-0.15, -0.1) is 0 Å². The highest BCUT2D eigenvalue weighted by molar-refractivity contribution is 9.10. The molecule has 4 rings (SSSR count). The normalized spacial score (nSPS) is 11.8. The molecule has 2 heterocycles. The van der Waals surface area contributed by atoms with Crippen molar-refractivity contribution >= 4 is 38.6 Å². The molecule has 2 aromatic heterocycles. The zero-order valence-corrected chi connectivity index (χ0v) is 18.6. The standard InChI is InChI=1S/C23H19BrClN3O/c1-23(2,3)22-27-20-17(21(29)28-22)12-16(13-8-10-14(24)11-9-13)19(26-20)15-6-4-5-7-18(15)25/h4-12H,1-3H3,(H,26,27,28,29). The topological polar surface area (TPSA) is 58.6 Å². The third-order valence-corrected chi connectivity index (χ3v) is 5.55. The summed E-state index contributed by atoms with van der Waals surface area (Å²) in [6.45, 7) is 6.01. The second-order valence-electron chi connectivity index (χ2n) is 7.91. The van der Waals surface area contributed by atoms with E-state index in [2.05, 4.69) is 25.9 Å². The number of fused-ring (bicyclic) bond motifs is 1. The van der Waals surface area contributed by atoms with Gasteiger partial charge in [0.2, 0.25) is 0 Å². The lowest BCUT2D eigenvalue weighted by Gasteiger charge is -2.18. The molecule has 0 saturated heterocycles. The molecule has 146 valence electrons. The van der Waals surface area contributed by atoms with E-state index in [0.29, 0.717) is 27.6 Å². The van der Waals surface area contributed by atoms with E-state index in [1.165, 1.54) is 0 Å². The van der Waals surface area contributed by atoms with Crippen molar-refractivity contribution in [2.24, 2.45) is 0 Å². The Hall–Kier alpha value is -2.50. The molecular weight excluding hydrogens is 450 g/mol. The number of hydrogen-bond acceptors (Lipinski definition) is 3. The van der Waals surface area contributed by atoms with Gasteiger partial charge in [0, 0.05) is 26.0 Å². The molecule has 0 saturated carbocycles. The van der Waals surface area contributed by atoms with Crippen LogP contribution < -0.4 is 5.56 Å². The molecule has 0 atom stereocenters. The highest BCUT2D eigenvalue weighted by Crippen LogP contribution is 2.36. The molecule has 6 heteroatoms. The zero-order chi connectivity index (χ0) is 20.8. The zero-order valence-electron chi connectivity index (χ0n) is 16.3. The molecule has 0 unspecified atom stereocenters. The Balaban J connectivity index is 2.08. The molecule has 1 N–H and O–H groups in total. The number of hydrogen-bond donors (Lipinski definition) is 1. The van der Waals surface area contributed by atoms with Crippen molar-refractivity contribution in [3.8, 4) is 22.4 Å². The van der Waals surface area contributed by atoms with Gasteiger partial charge in [0.25, 0.3) is 5.56 Å². The smallest absolute Gasteiger partial charge is 0.260 e. The van der Waals surface area contributed by atoms with Crippen LogP contribution in [0.4, 0.5) is 0 Å². The maximum atomic E-state index is 12.8. The highest BCUT2D eigenvalue weighted by Gasteiger charge is 2.21. The Labute approximate surface area is 182 Å². The number of aromatic amines is 1. The van der Waals surface area contributed by atoms with Gasteiger partial charge in [-0.1, -0.05) is 78.6 Å².